The molecule has 18 heavy (non-hydrogen) atoms. The first kappa shape index (κ1) is 14.8. The molecule has 106 valence electrons. The van der Waals surface area contributed by atoms with Gasteiger partial charge in [-0.2, -0.15) is 17.4 Å². The lowest BCUT2D eigenvalue weighted by Gasteiger charge is -2.32. The Balaban J connectivity index is 1.87. The Morgan fingerprint density at radius 1 is 1.06 bits per heavy atom. The number of rotatable bonds is 3. The van der Waals surface area contributed by atoms with Gasteiger partial charge in [-0.25, -0.2) is 0 Å². The van der Waals surface area contributed by atoms with E-state index in [-0.39, 0.29) is 6.04 Å². The topological polar surface area (TPSA) is 49.4 Å². The summed E-state index contributed by atoms with van der Waals surface area (Å²) in [6.07, 6.45) is 5.97. The van der Waals surface area contributed by atoms with Crippen LogP contribution in [0.1, 0.15) is 45.4 Å². The molecule has 1 aliphatic heterocycles. The van der Waals surface area contributed by atoms with Crippen molar-refractivity contribution in [2.24, 2.45) is 5.92 Å². The molecular formula is C12H23BrN2O2S. The molecule has 1 saturated carbocycles. The predicted octanol–water partition coefficient (Wildman–Crippen LogP) is 2.26. The predicted molar refractivity (Wildman–Crippen MR) is 77.0 cm³/mol. The largest absolute Gasteiger partial charge is 0.279 e. The Kier molecular flexibility index (Phi) is 5.08. The zero-order valence-electron chi connectivity index (χ0n) is 10.9. The number of hydrogen-bond donors (Lipinski definition) is 1. The summed E-state index contributed by atoms with van der Waals surface area (Å²) < 4.78 is 29.0. The highest BCUT2D eigenvalue weighted by Gasteiger charge is 2.30. The fourth-order valence-electron chi connectivity index (χ4n) is 2.68. The second-order valence-electron chi connectivity index (χ2n) is 5.65. The Bertz CT molecular complexity index is 358. The van der Waals surface area contributed by atoms with Crippen LogP contribution in [0.5, 0.6) is 0 Å². The highest BCUT2D eigenvalue weighted by atomic mass is 79.9. The molecule has 0 amide bonds. The second kappa shape index (κ2) is 6.20. The third kappa shape index (κ3) is 3.92. The smallest absolute Gasteiger partial charge is 0.199 e. The van der Waals surface area contributed by atoms with Gasteiger partial charge in [0.05, 0.1) is 0 Å². The fourth-order valence-corrected chi connectivity index (χ4v) is 4.71. The van der Waals surface area contributed by atoms with Crippen LogP contribution < -0.4 is 4.72 Å². The van der Waals surface area contributed by atoms with Gasteiger partial charge in [0.15, 0.2) is 0 Å². The number of nitrogens with one attached hydrogen (secondary N) is 1. The van der Waals surface area contributed by atoms with E-state index in [1.54, 1.807) is 4.31 Å². The summed E-state index contributed by atoms with van der Waals surface area (Å²) in [6, 6.07) is 0.128. The molecule has 4 nitrogen and oxygen atoms in total. The highest BCUT2D eigenvalue weighted by Crippen LogP contribution is 2.25. The van der Waals surface area contributed by atoms with E-state index in [4.69, 9.17) is 0 Å². The molecule has 2 rings (SSSR count). The summed E-state index contributed by atoms with van der Waals surface area (Å²) in [5.74, 6) is 0.653. The third-order valence-electron chi connectivity index (χ3n) is 4.05. The van der Waals surface area contributed by atoms with Crippen molar-refractivity contribution < 1.29 is 8.42 Å². The maximum absolute atomic E-state index is 12.2. The normalized spacial score (nSPS) is 32.6. The number of piperidine rings is 1. The van der Waals surface area contributed by atoms with E-state index >= 15 is 0 Å². The van der Waals surface area contributed by atoms with Crippen molar-refractivity contribution in [3.63, 3.8) is 0 Å². The van der Waals surface area contributed by atoms with Crippen molar-refractivity contribution in [2.45, 2.75) is 56.3 Å². The van der Waals surface area contributed by atoms with Gasteiger partial charge in [-0.1, -0.05) is 22.9 Å². The van der Waals surface area contributed by atoms with E-state index in [0.717, 1.165) is 38.5 Å². The van der Waals surface area contributed by atoms with Gasteiger partial charge in [-0.05, 0) is 44.4 Å². The van der Waals surface area contributed by atoms with Crippen molar-refractivity contribution in [1.29, 1.82) is 0 Å². The standard InChI is InChI=1S/C12H23BrN2O2S/c1-10-6-8-15(9-7-10)18(16,17)14-12-4-2-11(13)3-5-12/h10-12,14H,2-9H2,1H3. The van der Waals surface area contributed by atoms with Crippen LogP contribution >= 0.6 is 15.9 Å². The van der Waals surface area contributed by atoms with E-state index in [2.05, 4.69) is 27.6 Å². The van der Waals surface area contributed by atoms with E-state index in [1.165, 1.54) is 0 Å². The van der Waals surface area contributed by atoms with Gasteiger partial charge < -0.3 is 0 Å². The lowest BCUT2D eigenvalue weighted by molar-refractivity contribution is 0.281. The molecule has 0 atom stereocenters. The van der Waals surface area contributed by atoms with Gasteiger partial charge in [0, 0.05) is 24.0 Å². The minimum Gasteiger partial charge on any atom is -0.199 e. The Hall–Kier alpha value is 0.350. The lowest BCUT2D eigenvalue weighted by Crippen LogP contribution is -2.48. The van der Waals surface area contributed by atoms with E-state index in [1.807, 2.05) is 0 Å². The fraction of sp³-hybridized carbons (Fsp3) is 1.00. The monoisotopic (exact) mass is 338 g/mol. The van der Waals surface area contributed by atoms with Crippen molar-refractivity contribution in [3.05, 3.63) is 0 Å². The molecule has 0 unspecified atom stereocenters. The van der Waals surface area contributed by atoms with Crippen LogP contribution in [-0.4, -0.2) is 36.7 Å². The maximum atomic E-state index is 12.2. The number of hydrogen-bond acceptors (Lipinski definition) is 2. The molecule has 0 aromatic heterocycles. The van der Waals surface area contributed by atoms with Crippen LogP contribution in [-0.2, 0) is 10.2 Å². The molecule has 1 N–H and O–H groups in total. The molecule has 0 spiro atoms. The summed E-state index contributed by atoms with van der Waals surface area (Å²) in [5, 5.41) is 0. The quantitative estimate of drug-likeness (QED) is 0.802. The summed E-state index contributed by atoms with van der Waals surface area (Å²) in [4.78, 5) is 0.564. The molecule has 2 aliphatic rings. The first-order chi connectivity index (χ1) is 8.47. The number of halogens is 1. The first-order valence-electron chi connectivity index (χ1n) is 6.89. The van der Waals surface area contributed by atoms with Crippen LogP contribution in [0.25, 0.3) is 0 Å². The molecule has 0 bridgehead atoms. The summed E-state index contributed by atoms with van der Waals surface area (Å²) in [5.41, 5.74) is 0. The maximum Gasteiger partial charge on any atom is 0.279 e. The molecule has 0 aromatic rings. The Morgan fingerprint density at radius 3 is 2.17 bits per heavy atom. The molecule has 6 heteroatoms. The zero-order chi connectivity index (χ0) is 13.2. The number of nitrogens with zero attached hydrogens (tertiary/aromatic N) is 1. The molecule has 0 aromatic carbocycles. The van der Waals surface area contributed by atoms with Gasteiger partial charge >= 0.3 is 0 Å². The molecule has 1 heterocycles. The summed E-state index contributed by atoms with van der Waals surface area (Å²) in [6.45, 7) is 3.53. The second-order valence-corrected chi connectivity index (χ2v) is 8.65. The third-order valence-corrected chi connectivity index (χ3v) is 6.65. The van der Waals surface area contributed by atoms with Gasteiger partial charge in [0.25, 0.3) is 10.2 Å². The van der Waals surface area contributed by atoms with Crippen LogP contribution in [0.4, 0.5) is 0 Å². The van der Waals surface area contributed by atoms with Gasteiger partial charge in [-0.3, -0.25) is 0 Å². The zero-order valence-corrected chi connectivity index (χ0v) is 13.3. The van der Waals surface area contributed by atoms with Crippen molar-refractivity contribution >= 4 is 26.1 Å². The minimum absolute atomic E-state index is 0.128. The van der Waals surface area contributed by atoms with E-state index in [9.17, 15) is 8.42 Å². The van der Waals surface area contributed by atoms with E-state index < -0.39 is 10.2 Å². The average molecular weight is 339 g/mol. The Labute approximate surface area is 119 Å². The van der Waals surface area contributed by atoms with Crippen LogP contribution in [0, 0.1) is 5.92 Å². The van der Waals surface area contributed by atoms with Crippen LogP contribution in [0.2, 0.25) is 0 Å². The van der Waals surface area contributed by atoms with Crippen LogP contribution in [0.15, 0.2) is 0 Å². The Morgan fingerprint density at radius 2 is 1.61 bits per heavy atom. The molecular weight excluding hydrogens is 316 g/mol. The van der Waals surface area contributed by atoms with Crippen LogP contribution in [0.3, 0.4) is 0 Å². The molecule has 0 radical (unpaired) electrons. The highest BCUT2D eigenvalue weighted by molar-refractivity contribution is 9.09. The molecule has 1 saturated heterocycles. The lowest BCUT2D eigenvalue weighted by atomic mass is 9.96. The molecule has 1 aliphatic carbocycles. The summed E-state index contributed by atoms with van der Waals surface area (Å²) >= 11 is 3.59. The van der Waals surface area contributed by atoms with Gasteiger partial charge in [0.1, 0.15) is 0 Å². The SMILES string of the molecule is CC1CCN(S(=O)(=O)NC2CCC(Br)CC2)CC1. The first-order valence-corrected chi connectivity index (χ1v) is 9.24. The number of alkyl halides is 1. The average Bonchev–Trinajstić information content (AvgIpc) is 2.32. The van der Waals surface area contributed by atoms with Gasteiger partial charge in [-0.15, -0.1) is 0 Å². The summed E-state index contributed by atoms with van der Waals surface area (Å²) in [7, 11) is -3.26. The van der Waals surface area contributed by atoms with Crippen molar-refractivity contribution in [2.75, 3.05) is 13.1 Å². The molecule has 2 fully saturated rings. The van der Waals surface area contributed by atoms with Crippen molar-refractivity contribution in [1.82, 2.24) is 9.03 Å². The van der Waals surface area contributed by atoms with Gasteiger partial charge in [0.2, 0.25) is 0 Å². The minimum atomic E-state index is -3.26. The van der Waals surface area contributed by atoms with E-state index in [0.29, 0.717) is 23.8 Å². The van der Waals surface area contributed by atoms with Crippen molar-refractivity contribution in [3.8, 4) is 0 Å².